The Labute approximate surface area is 123 Å². The molecule has 1 N–H and O–H groups in total. The number of carbonyl (C=O) groups is 2. The van der Waals surface area contributed by atoms with Crippen molar-refractivity contribution in [1.82, 2.24) is 10.2 Å². The van der Waals surface area contributed by atoms with Gasteiger partial charge in [0.25, 0.3) is 0 Å². The van der Waals surface area contributed by atoms with Crippen molar-refractivity contribution in [3.05, 3.63) is 22.4 Å². The molecule has 1 aliphatic carbocycles. The first kappa shape index (κ1) is 13.6. The van der Waals surface area contributed by atoms with Gasteiger partial charge in [0, 0.05) is 4.88 Å². The highest BCUT2D eigenvalue weighted by molar-refractivity contribution is 7.09. The number of thiophene rings is 1. The van der Waals surface area contributed by atoms with Gasteiger partial charge in [-0.05, 0) is 36.6 Å². The van der Waals surface area contributed by atoms with Crippen molar-refractivity contribution >= 4 is 23.2 Å². The summed E-state index contributed by atoms with van der Waals surface area (Å²) in [6.45, 7) is 2.62. The van der Waals surface area contributed by atoms with Crippen molar-refractivity contribution in [2.75, 3.05) is 0 Å². The van der Waals surface area contributed by atoms with Crippen LogP contribution in [0.15, 0.2) is 17.5 Å². The van der Waals surface area contributed by atoms with Gasteiger partial charge < -0.3 is 10.2 Å². The van der Waals surface area contributed by atoms with Crippen molar-refractivity contribution in [2.24, 2.45) is 5.92 Å². The van der Waals surface area contributed by atoms with Crippen molar-refractivity contribution in [1.29, 1.82) is 0 Å². The molecule has 1 saturated carbocycles. The van der Waals surface area contributed by atoms with E-state index < -0.39 is 0 Å². The van der Waals surface area contributed by atoms with E-state index >= 15 is 0 Å². The zero-order valence-corrected chi connectivity index (χ0v) is 12.5. The lowest BCUT2D eigenvalue weighted by atomic mass is 10.0. The highest BCUT2D eigenvalue weighted by Crippen LogP contribution is 2.35. The number of nitrogens with zero attached hydrogens (tertiary/aromatic N) is 1. The lowest BCUT2D eigenvalue weighted by Gasteiger charge is -2.39. The van der Waals surface area contributed by atoms with Crippen LogP contribution in [0.25, 0.3) is 0 Å². The van der Waals surface area contributed by atoms with Crippen LogP contribution < -0.4 is 5.32 Å². The van der Waals surface area contributed by atoms with Gasteiger partial charge in [0.15, 0.2) is 0 Å². The maximum atomic E-state index is 12.7. The van der Waals surface area contributed by atoms with E-state index in [0.29, 0.717) is 12.5 Å². The van der Waals surface area contributed by atoms with E-state index in [0.717, 1.165) is 30.6 Å². The zero-order valence-electron chi connectivity index (χ0n) is 11.7. The zero-order chi connectivity index (χ0) is 14.1. The van der Waals surface area contributed by atoms with E-state index in [1.165, 1.54) is 0 Å². The van der Waals surface area contributed by atoms with E-state index in [1.807, 2.05) is 24.4 Å². The van der Waals surface area contributed by atoms with Crippen LogP contribution >= 0.6 is 11.3 Å². The van der Waals surface area contributed by atoms with Gasteiger partial charge in [-0.3, -0.25) is 9.59 Å². The standard InChI is InChI=1S/C15H20N2O2S/c1-2-4-12-14(18)16-13(10-6-7-10)15(19)17(12)9-11-5-3-8-20-11/h3,5,8,10,12-13H,2,4,6-7,9H2,1H3,(H,16,18). The molecule has 108 valence electrons. The molecule has 3 rings (SSSR count). The molecule has 0 aromatic carbocycles. The summed E-state index contributed by atoms with van der Waals surface area (Å²) in [5.74, 6) is 0.499. The summed E-state index contributed by atoms with van der Waals surface area (Å²) < 4.78 is 0. The van der Waals surface area contributed by atoms with Crippen LogP contribution in [-0.2, 0) is 16.1 Å². The Balaban J connectivity index is 1.82. The molecule has 20 heavy (non-hydrogen) atoms. The average molecular weight is 292 g/mol. The smallest absolute Gasteiger partial charge is 0.246 e. The van der Waals surface area contributed by atoms with E-state index in [1.54, 1.807) is 16.2 Å². The molecule has 2 atom stereocenters. The SMILES string of the molecule is CCCC1C(=O)NC(C2CC2)C(=O)N1Cc1cccs1. The summed E-state index contributed by atoms with van der Waals surface area (Å²) in [7, 11) is 0. The van der Waals surface area contributed by atoms with Gasteiger partial charge in [0.1, 0.15) is 12.1 Å². The summed E-state index contributed by atoms with van der Waals surface area (Å²) >= 11 is 1.64. The average Bonchev–Trinajstić information content (AvgIpc) is 3.15. The molecule has 4 nitrogen and oxygen atoms in total. The summed E-state index contributed by atoms with van der Waals surface area (Å²) in [6.07, 6.45) is 3.75. The fraction of sp³-hybridized carbons (Fsp3) is 0.600. The predicted molar refractivity (Wildman–Crippen MR) is 78.2 cm³/mol. The summed E-state index contributed by atoms with van der Waals surface area (Å²) in [5.41, 5.74) is 0. The first-order chi connectivity index (χ1) is 9.70. The molecule has 2 amide bonds. The first-order valence-electron chi connectivity index (χ1n) is 7.34. The molecule has 1 aromatic heterocycles. The largest absolute Gasteiger partial charge is 0.342 e. The van der Waals surface area contributed by atoms with Crippen LogP contribution in [0, 0.1) is 5.92 Å². The van der Waals surface area contributed by atoms with Gasteiger partial charge in [-0.1, -0.05) is 19.4 Å². The lowest BCUT2D eigenvalue weighted by Crippen LogP contribution is -2.63. The van der Waals surface area contributed by atoms with Crippen LogP contribution in [-0.4, -0.2) is 28.8 Å². The Morgan fingerprint density at radius 2 is 2.20 bits per heavy atom. The van der Waals surface area contributed by atoms with E-state index in [9.17, 15) is 9.59 Å². The molecular formula is C15H20N2O2S. The van der Waals surface area contributed by atoms with Crippen LogP contribution in [0.4, 0.5) is 0 Å². The molecule has 2 unspecified atom stereocenters. The maximum Gasteiger partial charge on any atom is 0.246 e. The van der Waals surface area contributed by atoms with Gasteiger partial charge in [-0.25, -0.2) is 0 Å². The highest BCUT2D eigenvalue weighted by atomic mass is 32.1. The molecular weight excluding hydrogens is 272 g/mol. The number of carbonyl (C=O) groups excluding carboxylic acids is 2. The Hall–Kier alpha value is -1.36. The second-order valence-corrected chi connectivity index (χ2v) is 6.71. The Morgan fingerprint density at radius 3 is 2.80 bits per heavy atom. The van der Waals surface area contributed by atoms with Gasteiger partial charge in [-0.15, -0.1) is 11.3 Å². The molecule has 2 fully saturated rings. The molecule has 1 aromatic rings. The molecule has 0 bridgehead atoms. The molecule has 1 saturated heterocycles. The molecule has 2 heterocycles. The van der Waals surface area contributed by atoms with Crippen LogP contribution in [0.1, 0.15) is 37.5 Å². The fourth-order valence-corrected chi connectivity index (χ4v) is 3.56. The van der Waals surface area contributed by atoms with Crippen LogP contribution in [0.2, 0.25) is 0 Å². The number of hydrogen-bond acceptors (Lipinski definition) is 3. The normalized spacial score (nSPS) is 26.8. The monoisotopic (exact) mass is 292 g/mol. The van der Waals surface area contributed by atoms with E-state index in [2.05, 4.69) is 5.32 Å². The first-order valence-corrected chi connectivity index (χ1v) is 8.22. The van der Waals surface area contributed by atoms with Crippen LogP contribution in [0.5, 0.6) is 0 Å². The molecule has 1 aliphatic heterocycles. The van der Waals surface area contributed by atoms with E-state index in [-0.39, 0.29) is 23.9 Å². The lowest BCUT2D eigenvalue weighted by molar-refractivity contribution is -0.151. The number of nitrogens with one attached hydrogen (secondary N) is 1. The molecule has 0 radical (unpaired) electrons. The molecule has 2 aliphatic rings. The second-order valence-electron chi connectivity index (χ2n) is 5.67. The fourth-order valence-electron chi connectivity index (χ4n) is 2.85. The van der Waals surface area contributed by atoms with Gasteiger partial charge in [-0.2, -0.15) is 0 Å². The Morgan fingerprint density at radius 1 is 1.40 bits per heavy atom. The Bertz CT molecular complexity index is 496. The minimum absolute atomic E-state index is 0.0277. The minimum atomic E-state index is -0.301. The molecule has 0 spiro atoms. The van der Waals surface area contributed by atoms with Crippen molar-refractivity contribution < 1.29 is 9.59 Å². The minimum Gasteiger partial charge on any atom is -0.342 e. The van der Waals surface area contributed by atoms with Crippen molar-refractivity contribution in [2.45, 2.75) is 51.2 Å². The third kappa shape index (κ3) is 2.59. The predicted octanol–water partition coefficient (Wildman–Crippen LogP) is 2.15. The summed E-state index contributed by atoms with van der Waals surface area (Å²) in [4.78, 5) is 27.9. The topological polar surface area (TPSA) is 49.4 Å². The number of piperazine rings is 1. The number of hydrogen-bond donors (Lipinski definition) is 1. The Kier molecular flexibility index (Phi) is 3.78. The van der Waals surface area contributed by atoms with Gasteiger partial charge in [0.05, 0.1) is 6.54 Å². The number of rotatable bonds is 5. The number of amides is 2. The second kappa shape index (κ2) is 5.56. The van der Waals surface area contributed by atoms with Crippen molar-refractivity contribution in [3.8, 4) is 0 Å². The maximum absolute atomic E-state index is 12.7. The van der Waals surface area contributed by atoms with Crippen molar-refractivity contribution in [3.63, 3.8) is 0 Å². The highest BCUT2D eigenvalue weighted by Gasteiger charge is 2.46. The summed E-state index contributed by atoms with van der Waals surface area (Å²) in [6, 6.07) is 3.43. The van der Waals surface area contributed by atoms with Crippen LogP contribution in [0.3, 0.4) is 0 Å². The third-order valence-corrected chi connectivity index (χ3v) is 4.95. The quantitative estimate of drug-likeness (QED) is 0.904. The van der Waals surface area contributed by atoms with E-state index in [4.69, 9.17) is 0 Å². The van der Waals surface area contributed by atoms with Gasteiger partial charge >= 0.3 is 0 Å². The third-order valence-electron chi connectivity index (χ3n) is 4.09. The summed E-state index contributed by atoms with van der Waals surface area (Å²) in [5, 5.41) is 4.96. The van der Waals surface area contributed by atoms with Gasteiger partial charge in [0.2, 0.25) is 11.8 Å². The molecule has 5 heteroatoms.